The summed E-state index contributed by atoms with van der Waals surface area (Å²) in [6.07, 6.45) is 7.94. The standard InChI is InChI=1S/C23H25N3O3/c1-4-26-22(27)17(14(2)18(13-24)23(26)28)10-16-11-20-21(29-16)12-19(25(20)3)15-8-6-5-7-9-15/h10-12,15H,4-9H2,1-3H3/b17-10-. The lowest BCUT2D eigenvalue weighted by molar-refractivity contribution is -0.140. The predicted octanol–water partition coefficient (Wildman–Crippen LogP) is 4.43. The van der Waals surface area contributed by atoms with Crippen molar-refractivity contribution in [3.63, 3.8) is 0 Å². The number of amides is 2. The van der Waals surface area contributed by atoms with Crippen molar-refractivity contribution in [2.75, 3.05) is 6.54 Å². The van der Waals surface area contributed by atoms with E-state index in [4.69, 9.17) is 4.42 Å². The second-order valence-electron chi connectivity index (χ2n) is 7.89. The van der Waals surface area contributed by atoms with E-state index >= 15 is 0 Å². The number of carbonyl (C=O) groups excluding carboxylic acids is 2. The van der Waals surface area contributed by atoms with Gasteiger partial charge in [0.2, 0.25) is 0 Å². The monoisotopic (exact) mass is 391 g/mol. The van der Waals surface area contributed by atoms with E-state index in [1.165, 1.54) is 37.8 Å². The molecule has 2 aliphatic rings. The van der Waals surface area contributed by atoms with Gasteiger partial charge in [0.25, 0.3) is 11.8 Å². The smallest absolute Gasteiger partial charge is 0.271 e. The first-order valence-electron chi connectivity index (χ1n) is 10.2. The maximum Gasteiger partial charge on any atom is 0.271 e. The summed E-state index contributed by atoms with van der Waals surface area (Å²) in [6, 6.07) is 5.98. The van der Waals surface area contributed by atoms with Crippen LogP contribution < -0.4 is 0 Å². The van der Waals surface area contributed by atoms with Crippen LogP contribution in [-0.2, 0) is 16.6 Å². The summed E-state index contributed by atoms with van der Waals surface area (Å²) >= 11 is 0. The highest BCUT2D eigenvalue weighted by Crippen LogP contribution is 2.36. The number of imide groups is 1. The average Bonchev–Trinajstić information content (AvgIpc) is 3.25. The van der Waals surface area contributed by atoms with E-state index in [2.05, 4.69) is 17.7 Å². The third-order valence-corrected chi connectivity index (χ3v) is 6.24. The molecule has 1 aliphatic carbocycles. The first-order valence-corrected chi connectivity index (χ1v) is 10.2. The molecule has 0 unspecified atom stereocenters. The number of carbonyl (C=O) groups is 2. The van der Waals surface area contributed by atoms with E-state index in [0.717, 1.165) is 16.0 Å². The number of fused-ring (bicyclic) bond motifs is 1. The van der Waals surface area contributed by atoms with E-state index in [-0.39, 0.29) is 12.1 Å². The molecular weight excluding hydrogens is 366 g/mol. The van der Waals surface area contributed by atoms with Crippen LogP contribution in [0.4, 0.5) is 0 Å². The number of aryl methyl sites for hydroxylation is 1. The van der Waals surface area contributed by atoms with Crippen LogP contribution in [0.15, 0.2) is 33.3 Å². The molecule has 2 aromatic rings. The lowest BCUT2D eigenvalue weighted by Crippen LogP contribution is -2.42. The van der Waals surface area contributed by atoms with Crippen LogP contribution in [0.5, 0.6) is 0 Å². The number of nitrogens with zero attached hydrogens (tertiary/aromatic N) is 3. The molecule has 150 valence electrons. The molecule has 6 heteroatoms. The molecule has 0 aromatic carbocycles. The van der Waals surface area contributed by atoms with Gasteiger partial charge in [-0.1, -0.05) is 19.3 Å². The molecule has 2 aromatic heterocycles. The van der Waals surface area contributed by atoms with Crippen LogP contribution >= 0.6 is 0 Å². The van der Waals surface area contributed by atoms with Gasteiger partial charge in [0.15, 0.2) is 5.58 Å². The average molecular weight is 391 g/mol. The Balaban J connectivity index is 1.74. The third-order valence-electron chi connectivity index (χ3n) is 6.24. The summed E-state index contributed by atoms with van der Waals surface area (Å²) in [7, 11) is 2.06. The molecule has 6 nitrogen and oxygen atoms in total. The molecule has 0 radical (unpaired) electrons. The third kappa shape index (κ3) is 3.11. The molecule has 4 rings (SSSR count). The second-order valence-corrected chi connectivity index (χ2v) is 7.89. The Kier molecular flexibility index (Phi) is 4.91. The lowest BCUT2D eigenvalue weighted by Gasteiger charge is -2.25. The number of nitriles is 1. The molecule has 0 N–H and O–H groups in total. The SMILES string of the molecule is CCN1C(=O)C(C#N)=C(C)/C(=C/c2cc3c(cc(C4CCCCC4)n3C)o2)C1=O. The quantitative estimate of drug-likeness (QED) is 0.573. The van der Waals surface area contributed by atoms with Crippen molar-refractivity contribution in [3.05, 3.63) is 40.3 Å². The van der Waals surface area contributed by atoms with Crippen molar-refractivity contribution in [1.82, 2.24) is 9.47 Å². The zero-order valence-corrected chi connectivity index (χ0v) is 17.1. The fourth-order valence-electron chi connectivity index (χ4n) is 4.57. The van der Waals surface area contributed by atoms with Crippen molar-refractivity contribution < 1.29 is 14.0 Å². The van der Waals surface area contributed by atoms with Crippen LogP contribution in [0.25, 0.3) is 17.2 Å². The molecule has 1 aliphatic heterocycles. The molecule has 0 atom stereocenters. The fourth-order valence-corrected chi connectivity index (χ4v) is 4.57. The van der Waals surface area contributed by atoms with Gasteiger partial charge >= 0.3 is 0 Å². The minimum absolute atomic E-state index is 0.00777. The van der Waals surface area contributed by atoms with Crippen LogP contribution in [-0.4, -0.2) is 27.8 Å². The van der Waals surface area contributed by atoms with Gasteiger partial charge in [-0.25, -0.2) is 0 Å². The van der Waals surface area contributed by atoms with Crippen molar-refractivity contribution in [3.8, 4) is 6.07 Å². The van der Waals surface area contributed by atoms with E-state index < -0.39 is 11.8 Å². The summed E-state index contributed by atoms with van der Waals surface area (Å²) in [6.45, 7) is 3.58. The van der Waals surface area contributed by atoms with Crippen molar-refractivity contribution in [1.29, 1.82) is 5.26 Å². The molecule has 0 saturated heterocycles. The Morgan fingerprint density at radius 2 is 1.93 bits per heavy atom. The van der Waals surface area contributed by atoms with E-state index in [0.29, 0.717) is 22.8 Å². The van der Waals surface area contributed by atoms with Gasteiger partial charge in [0, 0.05) is 37.0 Å². The van der Waals surface area contributed by atoms with Gasteiger partial charge < -0.3 is 8.98 Å². The molecule has 0 bridgehead atoms. The summed E-state index contributed by atoms with van der Waals surface area (Å²) in [5.74, 6) is 0.200. The van der Waals surface area contributed by atoms with Gasteiger partial charge in [-0.15, -0.1) is 0 Å². The van der Waals surface area contributed by atoms with Crippen LogP contribution in [0, 0.1) is 11.3 Å². The maximum atomic E-state index is 12.8. The number of hydrogen-bond acceptors (Lipinski definition) is 4. The Morgan fingerprint density at radius 1 is 1.21 bits per heavy atom. The number of aromatic nitrogens is 1. The molecule has 3 heterocycles. The van der Waals surface area contributed by atoms with Gasteiger partial charge in [-0.05, 0) is 44.3 Å². The van der Waals surface area contributed by atoms with Crippen LogP contribution in [0.2, 0.25) is 0 Å². The van der Waals surface area contributed by atoms with Crippen molar-refractivity contribution >= 4 is 29.0 Å². The molecule has 2 amide bonds. The van der Waals surface area contributed by atoms with Gasteiger partial charge in [-0.2, -0.15) is 5.26 Å². The van der Waals surface area contributed by atoms with E-state index in [1.807, 2.05) is 12.1 Å². The van der Waals surface area contributed by atoms with Crippen LogP contribution in [0.3, 0.4) is 0 Å². The Bertz CT molecular complexity index is 1100. The fraction of sp³-hybridized carbons (Fsp3) is 0.435. The summed E-state index contributed by atoms with van der Waals surface area (Å²) < 4.78 is 8.21. The zero-order valence-electron chi connectivity index (χ0n) is 17.1. The van der Waals surface area contributed by atoms with Crippen molar-refractivity contribution in [2.45, 2.75) is 51.9 Å². The molecule has 1 saturated carbocycles. The highest BCUT2D eigenvalue weighted by atomic mass is 16.3. The second kappa shape index (κ2) is 7.40. The van der Waals surface area contributed by atoms with Crippen molar-refractivity contribution in [2.24, 2.45) is 7.05 Å². The lowest BCUT2D eigenvalue weighted by atomic mass is 9.87. The largest absolute Gasteiger partial charge is 0.455 e. The molecule has 0 spiro atoms. The minimum Gasteiger partial charge on any atom is -0.455 e. The number of hydrogen-bond donors (Lipinski definition) is 0. The van der Waals surface area contributed by atoms with Gasteiger partial charge in [0.05, 0.1) is 5.52 Å². The topological polar surface area (TPSA) is 79.2 Å². The molecule has 1 fully saturated rings. The van der Waals surface area contributed by atoms with E-state index in [1.54, 1.807) is 19.9 Å². The van der Waals surface area contributed by atoms with Gasteiger partial charge in [0.1, 0.15) is 17.4 Å². The molecular formula is C23H25N3O3. The highest BCUT2D eigenvalue weighted by molar-refractivity contribution is 6.19. The molecule has 29 heavy (non-hydrogen) atoms. The Morgan fingerprint density at radius 3 is 2.55 bits per heavy atom. The summed E-state index contributed by atoms with van der Waals surface area (Å²) in [5.41, 5.74) is 3.83. The number of likely N-dealkylation sites (N-methyl/N-ethyl adjacent to an activating group) is 1. The zero-order chi connectivity index (χ0) is 20.7. The summed E-state index contributed by atoms with van der Waals surface area (Å²) in [5, 5.41) is 9.37. The first-order chi connectivity index (χ1) is 14.0. The minimum atomic E-state index is -0.531. The number of rotatable bonds is 3. The predicted molar refractivity (Wildman–Crippen MR) is 110 cm³/mol. The Labute approximate surface area is 170 Å². The Hall–Kier alpha value is -3.07. The first kappa shape index (κ1) is 19.3. The number of furan rings is 1. The summed E-state index contributed by atoms with van der Waals surface area (Å²) in [4.78, 5) is 26.2. The maximum absolute atomic E-state index is 12.8. The van der Waals surface area contributed by atoms with Crippen LogP contribution in [0.1, 0.15) is 63.3 Å². The highest BCUT2D eigenvalue weighted by Gasteiger charge is 2.34. The van der Waals surface area contributed by atoms with E-state index in [9.17, 15) is 14.9 Å². The normalized spacial score (nSPS) is 20.2. The van der Waals surface area contributed by atoms with Gasteiger partial charge in [-0.3, -0.25) is 14.5 Å².